The van der Waals surface area contributed by atoms with E-state index in [1.807, 2.05) is 12.1 Å². The van der Waals surface area contributed by atoms with Gasteiger partial charge >= 0.3 is 0 Å². The van der Waals surface area contributed by atoms with Crippen LogP contribution in [-0.2, 0) is 0 Å². The molecule has 4 nitrogen and oxygen atoms in total. The van der Waals surface area contributed by atoms with Crippen molar-refractivity contribution in [2.75, 3.05) is 11.1 Å². The Morgan fingerprint density at radius 3 is 3.06 bits per heavy atom. The van der Waals surface area contributed by atoms with Gasteiger partial charge in [0.2, 0.25) is 0 Å². The van der Waals surface area contributed by atoms with Crippen LogP contribution in [0.1, 0.15) is 6.42 Å². The van der Waals surface area contributed by atoms with E-state index in [-0.39, 0.29) is 0 Å². The quantitative estimate of drug-likeness (QED) is 0.673. The van der Waals surface area contributed by atoms with Crippen molar-refractivity contribution in [3.8, 4) is 5.69 Å². The molecule has 2 aromatic heterocycles. The van der Waals surface area contributed by atoms with Crippen LogP contribution in [0.3, 0.4) is 0 Å². The van der Waals surface area contributed by atoms with Crippen LogP contribution in [0.25, 0.3) is 5.69 Å². The van der Waals surface area contributed by atoms with Crippen molar-refractivity contribution < 1.29 is 0 Å². The molecule has 1 N–H and O–H groups in total. The fourth-order valence-electron chi connectivity index (χ4n) is 1.37. The van der Waals surface area contributed by atoms with Gasteiger partial charge in [-0.2, -0.15) is 17.7 Å². The average Bonchev–Trinajstić information content (AvgIpc) is 2.72. The molecule has 0 radical (unpaired) electrons. The first-order valence-electron chi connectivity index (χ1n) is 5.27. The molecule has 7 heteroatoms. The number of halogens is 1. The second-order valence-electron chi connectivity index (χ2n) is 3.51. The molecule has 0 aliphatic rings. The van der Waals surface area contributed by atoms with Gasteiger partial charge in [0, 0.05) is 12.6 Å². The lowest BCUT2D eigenvalue weighted by Crippen LogP contribution is -2.08. The van der Waals surface area contributed by atoms with Crippen molar-refractivity contribution >= 4 is 47.1 Å². The lowest BCUT2D eigenvalue weighted by atomic mass is 10.4. The first-order valence-corrected chi connectivity index (χ1v) is 6.69. The summed E-state index contributed by atoms with van der Waals surface area (Å²) in [4.78, 5) is 4.72. The summed E-state index contributed by atoms with van der Waals surface area (Å²) in [5, 5.41) is 7.62. The summed E-state index contributed by atoms with van der Waals surface area (Å²) in [5.41, 5.74) is 1.53. The van der Waals surface area contributed by atoms with E-state index < -0.39 is 0 Å². The largest absolute Gasteiger partial charge is 0.346 e. The summed E-state index contributed by atoms with van der Waals surface area (Å²) in [6.45, 7) is 0. The van der Waals surface area contributed by atoms with E-state index in [0.717, 1.165) is 5.69 Å². The van der Waals surface area contributed by atoms with E-state index in [0.29, 0.717) is 28.0 Å². The third kappa shape index (κ3) is 3.22. The van der Waals surface area contributed by atoms with Gasteiger partial charge in [0.1, 0.15) is 0 Å². The second kappa shape index (κ2) is 6.17. The van der Waals surface area contributed by atoms with Crippen LogP contribution >= 0.6 is 36.4 Å². The zero-order valence-corrected chi connectivity index (χ0v) is 11.8. The van der Waals surface area contributed by atoms with Crippen molar-refractivity contribution in [2.24, 2.45) is 0 Å². The van der Waals surface area contributed by atoms with E-state index in [2.05, 4.69) is 28.0 Å². The number of pyridine rings is 1. The fraction of sp³-hybridized carbons (Fsp3) is 0.182. The fourth-order valence-corrected chi connectivity index (χ4v) is 2.14. The second-order valence-corrected chi connectivity index (χ2v) is 4.81. The molecule has 94 valence electrons. The molecule has 0 fully saturated rings. The summed E-state index contributed by atoms with van der Waals surface area (Å²) < 4.78 is 1.65. The molecule has 18 heavy (non-hydrogen) atoms. The Hall–Kier alpha value is -1.11. The number of anilines is 1. The van der Waals surface area contributed by atoms with Gasteiger partial charge in [0.25, 0.3) is 0 Å². The number of hydrogen-bond donors (Lipinski definition) is 2. The van der Waals surface area contributed by atoms with E-state index in [1.54, 1.807) is 23.3 Å². The molecule has 0 saturated heterocycles. The Morgan fingerprint density at radius 2 is 2.39 bits per heavy atom. The molecule has 0 spiro atoms. The summed E-state index contributed by atoms with van der Waals surface area (Å²) in [6, 6.07) is 3.73. The molecular weight excluding hydrogens is 288 g/mol. The normalized spacial score (nSPS) is 10.3. The van der Waals surface area contributed by atoms with E-state index in [4.69, 9.17) is 23.8 Å². The molecule has 2 heterocycles. The highest BCUT2D eigenvalue weighted by molar-refractivity contribution is 7.81. The minimum atomic E-state index is 0.375. The highest BCUT2D eigenvalue weighted by Crippen LogP contribution is 2.21. The van der Waals surface area contributed by atoms with Crippen LogP contribution in [0.5, 0.6) is 0 Å². The number of aromatic nitrogens is 3. The van der Waals surface area contributed by atoms with Crippen LogP contribution in [0, 0.1) is 0 Å². The SMILES string of the molecule is S=C(CCS)Nc1cn(-c2cccnc2)nc1Cl. The number of thiol groups is 1. The van der Waals surface area contributed by atoms with Gasteiger partial charge in [0.15, 0.2) is 5.15 Å². The zero-order valence-electron chi connectivity index (χ0n) is 9.38. The van der Waals surface area contributed by atoms with Gasteiger partial charge in [0.05, 0.1) is 28.8 Å². The van der Waals surface area contributed by atoms with E-state index in [1.165, 1.54) is 0 Å². The monoisotopic (exact) mass is 298 g/mol. The maximum atomic E-state index is 6.05. The number of thiocarbonyl (C=S) groups is 1. The van der Waals surface area contributed by atoms with Crippen LogP contribution < -0.4 is 5.32 Å². The Bertz CT molecular complexity index is 541. The maximum Gasteiger partial charge on any atom is 0.174 e. The van der Waals surface area contributed by atoms with Crippen LogP contribution in [0.15, 0.2) is 30.7 Å². The lowest BCUT2D eigenvalue weighted by molar-refractivity contribution is 0.874. The summed E-state index contributed by atoms with van der Waals surface area (Å²) in [6.07, 6.45) is 5.89. The molecule has 0 aliphatic heterocycles. The third-order valence-corrected chi connectivity index (χ3v) is 3.00. The minimum absolute atomic E-state index is 0.375. The zero-order chi connectivity index (χ0) is 13.0. The lowest BCUT2D eigenvalue weighted by Gasteiger charge is -2.03. The van der Waals surface area contributed by atoms with Gasteiger partial charge in [-0.15, -0.1) is 0 Å². The molecular formula is C11H11ClN4S2. The Morgan fingerprint density at radius 1 is 1.56 bits per heavy atom. The van der Waals surface area contributed by atoms with Gasteiger partial charge in [-0.1, -0.05) is 23.8 Å². The Labute approximate surface area is 121 Å². The van der Waals surface area contributed by atoms with Crippen LogP contribution in [0.2, 0.25) is 5.15 Å². The predicted molar refractivity (Wildman–Crippen MR) is 81.1 cm³/mol. The van der Waals surface area contributed by atoms with Gasteiger partial charge in [-0.3, -0.25) is 4.98 Å². The minimum Gasteiger partial charge on any atom is -0.346 e. The molecule has 0 amide bonds. The molecule has 2 rings (SSSR count). The third-order valence-electron chi connectivity index (χ3n) is 2.19. The Balaban J connectivity index is 2.20. The molecule has 0 atom stereocenters. The van der Waals surface area contributed by atoms with E-state index in [9.17, 15) is 0 Å². The molecule has 0 unspecified atom stereocenters. The number of nitrogens with zero attached hydrogens (tertiary/aromatic N) is 3. The predicted octanol–water partition coefficient (Wildman–Crippen LogP) is 2.98. The van der Waals surface area contributed by atoms with Gasteiger partial charge in [-0.05, 0) is 17.9 Å². The molecule has 2 aromatic rings. The molecule has 0 aromatic carbocycles. The summed E-state index contributed by atoms with van der Waals surface area (Å²) in [7, 11) is 0. The first-order chi connectivity index (χ1) is 8.70. The first kappa shape index (κ1) is 13.3. The van der Waals surface area contributed by atoms with Crippen molar-refractivity contribution in [3.63, 3.8) is 0 Å². The van der Waals surface area contributed by atoms with Crippen molar-refractivity contribution in [3.05, 3.63) is 35.9 Å². The van der Waals surface area contributed by atoms with Crippen molar-refractivity contribution in [1.29, 1.82) is 0 Å². The standard InChI is InChI=1S/C11H11ClN4S2/c12-11-9(14-10(18)3-5-17)7-16(15-11)8-2-1-4-13-6-8/h1-2,4,6-7,17H,3,5H2,(H,14,18). The van der Waals surface area contributed by atoms with E-state index >= 15 is 0 Å². The van der Waals surface area contributed by atoms with Crippen LogP contribution in [-0.4, -0.2) is 25.5 Å². The number of nitrogens with one attached hydrogen (secondary N) is 1. The van der Waals surface area contributed by atoms with Gasteiger partial charge in [-0.25, -0.2) is 4.68 Å². The highest BCUT2D eigenvalue weighted by atomic mass is 35.5. The maximum absolute atomic E-state index is 6.05. The van der Waals surface area contributed by atoms with Gasteiger partial charge < -0.3 is 5.32 Å². The topological polar surface area (TPSA) is 42.7 Å². The average molecular weight is 299 g/mol. The van der Waals surface area contributed by atoms with Crippen LogP contribution in [0.4, 0.5) is 5.69 Å². The summed E-state index contributed by atoms with van der Waals surface area (Å²) in [5.74, 6) is 0.695. The molecule has 0 bridgehead atoms. The molecule has 0 aliphatic carbocycles. The summed E-state index contributed by atoms with van der Waals surface area (Å²) >= 11 is 15.3. The van der Waals surface area contributed by atoms with Crippen molar-refractivity contribution in [2.45, 2.75) is 6.42 Å². The number of hydrogen-bond acceptors (Lipinski definition) is 4. The highest BCUT2D eigenvalue weighted by Gasteiger charge is 2.09. The smallest absolute Gasteiger partial charge is 0.174 e. The van der Waals surface area contributed by atoms with Crippen molar-refractivity contribution in [1.82, 2.24) is 14.8 Å². The Kier molecular flexibility index (Phi) is 4.57. The number of rotatable bonds is 4. The molecule has 0 saturated carbocycles.